The van der Waals surface area contributed by atoms with Gasteiger partial charge in [-0.05, 0) is 37.1 Å². The second-order valence-corrected chi connectivity index (χ2v) is 4.64. The number of nitrogens with zero attached hydrogens (tertiary/aromatic N) is 1. The molecule has 0 fully saturated rings. The predicted molar refractivity (Wildman–Crippen MR) is 74.1 cm³/mol. The Balaban J connectivity index is 2.52. The van der Waals surface area contributed by atoms with E-state index in [2.05, 4.69) is 5.32 Å². The van der Waals surface area contributed by atoms with E-state index in [0.717, 1.165) is 5.56 Å². The van der Waals surface area contributed by atoms with Gasteiger partial charge in [0.15, 0.2) is 0 Å². The van der Waals surface area contributed by atoms with Crippen LogP contribution in [0, 0.1) is 11.3 Å². The highest BCUT2D eigenvalue weighted by atomic mass is 16.3. The highest BCUT2D eigenvalue weighted by molar-refractivity contribution is 5.91. The maximum atomic E-state index is 11.5. The molecule has 1 aromatic rings. The Labute approximate surface area is 113 Å². The van der Waals surface area contributed by atoms with Crippen LogP contribution in [0.1, 0.15) is 31.4 Å². The Morgan fingerprint density at radius 1 is 1.47 bits per heavy atom. The molecule has 19 heavy (non-hydrogen) atoms. The minimum Gasteiger partial charge on any atom is -0.388 e. The third-order valence-electron chi connectivity index (χ3n) is 2.87. The molecule has 0 aliphatic carbocycles. The van der Waals surface area contributed by atoms with Crippen molar-refractivity contribution in [3.63, 3.8) is 0 Å². The summed E-state index contributed by atoms with van der Waals surface area (Å²) in [4.78, 5) is 11.5. The molecule has 1 rings (SSSR count). The lowest BCUT2D eigenvalue weighted by Crippen LogP contribution is -2.39. The van der Waals surface area contributed by atoms with Crippen molar-refractivity contribution in [3.05, 3.63) is 41.5 Å². The number of carbonyl (C=O) groups excluding carboxylic acids is 1. The zero-order valence-corrected chi connectivity index (χ0v) is 11.2. The number of benzene rings is 1. The first-order valence-corrected chi connectivity index (χ1v) is 6.15. The predicted octanol–water partition coefficient (Wildman–Crippen LogP) is 1.85. The van der Waals surface area contributed by atoms with Crippen LogP contribution < -0.4 is 5.32 Å². The molecule has 100 valence electrons. The number of carbonyl (C=O) groups is 1. The summed E-state index contributed by atoms with van der Waals surface area (Å²) in [5, 5.41) is 21.0. The maximum Gasteiger partial charge on any atom is 0.244 e. The van der Waals surface area contributed by atoms with Gasteiger partial charge in [-0.1, -0.05) is 19.1 Å². The van der Waals surface area contributed by atoms with E-state index in [-0.39, 0.29) is 12.5 Å². The van der Waals surface area contributed by atoms with Crippen molar-refractivity contribution in [1.82, 2.24) is 5.32 Å². The van der Waals surface area contributed by atoms with E-state index >= 15 is 0 Å². The largest absolute Gasteiger partial charge is 0.388 e. The van der Waals surface area contributed by atoms with Gasteiger partial charge < -0.3 is 10.4 Å². The number of hydrogen-bond acceptors (Lipinski definition) is 3. The van der Waals surface area contributed by atoms with Crippen molar-refractivity contribution in [2.45, 2.75) is 25.9 Å². The van der Waals surface area contributed by atoms with Gasteiger partial charge in [-0.3, -0.25) is 4.79 Å². The molecular formula is C15H18N2O2. The zero-order chi connectivity index (χ0) is 14.3. The average Bonchev–Trinajstić information content (AvgIpc) is 2.43. The summed E-state index contributed by atoms with van der Waals surface area (Å²) in [6.45, 7) is 3.76. The first kappa shape index (κ1) is 14.9. The smallest absolute Gasteiger partial charge is 0.244 e. The summed E-state index contributed by atoms with van der Waals surface area (Å²) in [5.41, 5.74) is 0.551. The standard InChI is InChI=1S/C15H18N2O2/c1-3-15(2,19)11-17-14(18)9-8-12-4-6-13(10-16)7-5-12/h4-9,19H,3,11H2,1-2H3,(H,17,18). The molecule has 0 saturated heterocycles. The quantitative estimate of drug-likeness (QED) is 0.792. The van der Waals surface area contributed by atoms with Gasteiger partial charge in [-0.15, -0.1) is 0 Å². The van der Waals surface area contributed by atoms with Crippen LogP contribution >= 0.6 is 0 Å². The molecule has 0 aliphatic heterocycles. The molecule has 0 radical (unpaired) electrons. The summed E-state index contributed by atoms with van der Waals surface area (Å²) in [5.74, 6) is -0.252. The van der Waals surface area contributed by atoms with E-state index in [1.54, 1.807) is 37.3 Å². The first-order chi connectivity index (χ1) is 8.96. The van der Waals surface area contributed by atoms with Crippen LogP contribution in [0.5, 0.6) is 0 Å². The van der Waals surface area contributed by atoms with Gasteiger partial charge in [-0.25, -0.2) is 0 Å². The molecule has 2 N–H and O–H groups in total. The number of rotatable bonds is 5. The van der Waals surface area contributed by atoms with E-state index in [1.807, 2.05) is 13.0 Å². The molecule has 0 spiro atoms. The van der Waals surface area contributed by atoms with Gasteiger partial charge in [0.1, 0.15) is 0 Å². The number of nitriles is 1. The highest BCUT2D eigenvalue weighted by Crippen LogP contribution is 2.07. The van der Waals surface area contributed by atoms with E-state index in [9.17, 15) is 9.90 Å². The number of nitrogens with one attached hydrogen (secondary N) is 1. The Bertz CT molecular complexity index is 496. The zero-order valence-electron chi connectivity index (χ0n) is 11.2. The van der Waals surface area contributed by atoms with E-state index in [1.165, 1.54) is 6.08 Å². The van der Waals surface area contributed by atoms with Crippen molar-refractivity contribution in [2.24, 2.45) is 0 Å². The fourth-order valence-electron chi connectivity index (χ4n) is 1.30. The Morgan fingerprint density at radius 3 is 2.63 bits per heavy atom. The molecule has 4 heteroatoms. The normalized spacial score (nSPS) is 13.8. The summed E-state index contributed by atoms with van der Waals surface area (Å²) < 4.78 is 0. The van der Waals surface area contributed by atoms with Gasteiger partial charge >= 0.3 is 0 Å². The third-order valence-corrected chi connectivity index (χ3v) is 2.87. The molecule has 1 unspecified atom stereocenters. The molecule has 0 heterocycles. The fourth-order valence-corrected chi connectivity index (χ4v) is 1.30. The van der Waals surface area contributed by atoms with E-state index in [0.29, 0.717) is 12.0 Å². The van der Waals surface area contributed by atoms with Crippen LogP contribution in [-0.2, 0) is 4.79 Å². The summed E-state index contributed by atoms with van der Waals surface area (Å²) in [7, 11) is 0. The lowest BCUT2D eigenvalue weighted by molar-refractivity contribution is -0.117. The van der Waals surface area contributed by atoms with Crippen LogP contribution in [0.15, 0.2) is 30.3 Å². The van der Waals surface area contributed by atoms with Gasteiger partial charge in [-0.2, -0.15) is 5.26 Å². The summed E-state index contributed by atoms with van der Waals surface area (Å²) in [6.07, 6.45) is 3.65. The van der Waals surface area contributed by atoms with Crippen LogP contribution in [0.2, 0.25) is 0 Å². The monoisotopic (exact) mass is 258 g/mol. The number of hydrogen-bond donors (Lipinski definition) is 2. The van der Waals surface area contributed by atoms with Crippen LogP contribution in [0.25, 0.3) is 6.08 Å². The molecule has 0 bridgehead atoms. The minimum atomic E-state index is -0.877. The second kappa shape index (κ2) is 6.72. The molecule has 4 nitrogen and oxygen atoms in total. The minimum absolute atomic E-state index is 0.222. The summed E-state index contributed by atoms with van der Waals surface area (Å²) >= 11 is 0. The third kappa shape index (κ3) is 5.36. The number of aliphatic hydroxyl groups is 1. The van der Waals surface area contributed by atoms with Gasteiger partial charge in [0.25, 0.3) is 0 Å². The Kier molecular flexibility index (Phi) is 5.28. The van der Waals surface area contributed by atoms with Crippen molar-refractivity contribution >= 4 is 12.0 Å². The summed E-state index contributed by atoms with van der Waals surface area (Å²) in [6, 6.07) is 8.96. The molecule has 1 aromatic carbocycles. The van der Waals surface area contributed by atoms with Crippen molar-refractivity contribution < 1.29 is 9.90 Å². The maximum absolute atomic E-state index is 11.5. The molecule has 0 saturated carbocycles. The van der Waals surface area contributed by atoms with E-state index in [4.69, 9.17) is 5.26 Å². The molecule has 1 amide bonds. The van der Waals surface area contributed by atoms with Gasteiger partial charge in [0.2, 0.25) is 5.91 Å². The molecule has 1 atom stereocenters. The molecule has 0 aromatic heterocycles. The van der Waals surface area contributed by atoms with Crippen molar-refractivity contribution in [2.75, 3.05) is 6.54 Å². The average molecular weight is 258 g/mol. The molecular weight excluding hydrogens is 240 g/mol. The lowest BCUT2D eigenvalue weighted by Gasteiger charge is -2.20. The Hall–Kier alpha value is -2.12. The topological polar surface area (TPSA) is 73.1 Å². The fraction of sp³-hybridized carbons (Fsp3) is 0.333. The Morgan fingerprint density at radius 2 is 2.11 bits per heavy atom. The first-order valence-electron chi connectivity index (χ1n) is 6.15. The van der Waals surface area contributed by atoms with Crippen LogP contribution in [-0.4, -0.2) is 23.2 Å². The van der Waals surface area contributed by atoms with Gasteiger partial charge in [0, 0.05) is 12.6 Å². The number of amides is 1. The highest BCUT2D eigenvalue weighted by Gasteiger charge is 2.17. The molecule has 0 aliphatic rings. The van der Waals surface area contributed by atoms with Gasteiger partial charge in [0.05, 0.1) is 17.2 Å². The van der Waals surface area contributed by atoms with E-state index < -0.39 is 5.60 Å². The van der Waals surface area contributed by atoms with Crippen molar-refractivity contribution in [1.29, 1.82) is 5.26 Å². The SMILES string of the molecule is CCC(C)(O)CNC(=O)C=Cc1ccc(C#N)cc1. The van der Waals surface area contributed by atoms with Crippen molar-refractivity contribution in [3.8, 4) is 6.07 Å². The van der Waals surface area contributed by atoms with Crippen LogP contribution in [0.4, 0.5) is 0 Å². The lowest BCUT2D eigenvalue weighted by atomic mass is 10.0. The second-order valence-electron chi connectivity index (χ2n) is 4.64. The van der Waals surface area contributed by atoms with Crippen LogP contribution in [0.3, 0.4) is 0 Å².